The number of hydrogen-bond donors (Lipinski definition) is 0. The Labute approximate surface area is 118 Å². The van der Waals surface area contributed by atoms with Crippen LogP contribution in [0.5, 0.6) is 0 Å². The van der Waals surface area contributed by atoms with Crippen LogP contribution in [0.15, 0.2) is 53.4 Å². The van der Waals surface area contributed by atoms with E-state index in [-0.39, 0.29) is 17.1 Å². The molecule has 0 aliphatic carbocycles. The summed E-state index contributed by atoms with van der Waals surface area (Å²) in [5.41, 5.74) is 1.90. The number of rotatable bonds is 1. The van der Waals surface area contributed by atoms with Gasteiger partial charge < -0.3 is 0 Å². The Hall–Kier alpha value is -1.94. The first-order valence-electron chi connectivity index (χ1n) is 6.43. The summed E-state index contributed by atoms with van der Waals surface area (Å²) >= 11 is 0. The van der Waals surface area contributed by atoms with Crippen LogP contribution < -0.4 is 0 Å². The van der Waals surface area contributed by atoms with E-state index in [2.05, 4.69) is 0 Å². The number of benzene rings is 2. The first-order valence-corrected chi connectivity index (χ1v) is 7.97. The summed E-state index contributed by atoms with van der Waals surface area (Å²) in [4.78, 5) is 12.4. The molecule has 1 aliphatic heterocycles. The van der Waals surface area contributed by atoms with Crippen molar-refractivity contribution in [3.8, 4) is 0 Å². The second-order valence-corrected chi connectivity index (χ2v) is 7.17. The van der Waals surface area contributed by atoms with Gasteiger partial charge in [0, 0.05) is 12.0 Å². The second-order valence-electron chi connectivity index (χ2n) is 5.07. The third-order valence-corrected chi connectivity index (χ3v) is 5.82. The van der Waals surface area contributed by atoms with E-state index in [1.165, 1.54) is 0 Å². The molecule has 0 unspecified atom stereocenters. The molecule has 3 nitrogen and oxygen atoms in total. The minimum Gasteiger partial charge on any atom is -0.294 e. The van der Waals surface area contributed by atoms with Crippen LogP contribution in [0.2, 0.25) is 0 Å². The highest BCUT2D eigenvalue weighted by molar-refractivity contribution is 7.92. The lowest BCUT2D eigenvalue weighted by molar-refractivity contribution is 0.0974. The highest BCUT2D eigenvalue weighted by Gasteiger charge is 2.38. The largest absolute Gasteiger partial charge is 0.294 e. The summed E-state index contributed by atoms with van der Waals surface area (Å²) in [5, 5.41) is -0.772. The average Bonchev–Trinajstić information content (AvgIpc) is 2.43. The molecule has 0 spiro atoms. The number of fused-ring (bicyclic) bond motifs is 1. The lowest BCUT2D eigenvalue weighted by Crippen LogP contribution is -2.25. The van der Waals surface area contributed by atoms with Crippen molar-refractivity contribution in [1.82, 2.24) is 0 Å². The molecule has 1 aliphatic rings. The van der Waals surface area contributed by atoms with E-state index in [0.29, 0.717) is 11.1 Å². The van der Waals surface area contributed by atoms with Crippen LogP contribution in [0, 0.1) is 6.92 Å². The molecule has 0 bridgehead atoms. The van der Waals surface area contributed by atoms with Crippen LogP contribution in [0.25, 0.3) is 0 Å². The van der Waals surface area contributed by atoms with Crippen molar-refractivity contribution >= 4 is 15.6 Å². The van der Waals surface area contributed by atoms with E-state index in [0.717, 1.165) is 5.56 Å². The average molecular weight is 286 g/mol. The van der Waals surface area contributed by atoms with E-state index in [4.69, 9.17) is 0 Å². The molecule has 4 heteroatoms. The van der Waals surface area contributed by atoms with Gasteiger partial charge in [0.15, 0.2) is 15.6 Å². The Balaban J connectivity index is 2.20. The Morgan fingerprint density at radius 3 is 2.45 bits per heavy atom. The zero-order valence-corrected chi connectivity index (χ0v) is 11.9. The summed E-state index contributed by atoms with van der Waals surface area (Å²) < 4.78 is 25.4. The normalized spacial score (nSPS) is 20.4. The maximum absolute atomic E-state index is 12.7. The number of sulfone groups is 1. The van der Waals surface area contributed by atoms with Crippen molar-refractivity contribution < 1.29 is 13.2 Å². The number of Topliss-reactive ketones (excluding diaryl/α,β-unsaturated/α-hetero) is 1. The van der Waals surface area contributed by atoms with Gasteiger partial charge in [0.05, 0.1) is 10.1 Å². The maximum Gasteiger partial charge on any atom is 0.186 e. The van der Waals surface area contributed by atoms with Crippen molar-refractivity contribution in [3.05, 3.63) is 65.2 Å². The van der Waals surface area contributed by atoms with Gasteiger partial charge in [-0.15, -0.1) is 0 Å². The molecule has 0 saturated carbocycles. The number of carbonyl (C=O) groups is 1. The van der Waals surface area contributed by atoms with Crippen LogP contribution in [0.1, 0.15) is 33.2 Å². The Bertz CT molecular complexity index is 777. The van der Waals surface area contributed by atoms with E-state index < -0.39 is 15.1 Å². The standard InChI is InChI=1S/C16H14O3S/c1-11-7-8-15-13(9-11)14(17)10-16(20(15,18)19)12-5-3-2-4-6-12/h2-9,16H,10H2,1H3/t16-/m0/s1. The molecule has 20 heavy (non-hydrogen) atoms. The summed E-state index contributed by atoms with van der Waals surface area (Å²) in [7, 11) is -3.51. The first kappa shape index (κ1) is 13.1. The molecule has 0 saturated heterocycles. The van der Waals surface area contributed by atoms with Gasteiger partial charge in [0.25, 0.3) is 0 Å². The minimum atomic E-state index is -3.51. The molecule has 0 amide bonds. The molecule has 1 heterocycles. The van der Waals surface area contributed by atoms with E-state index >= 15 is 0 Å². The molecule has 0 N–H and O–H groups in total. The van der Waals surface area contributed by atoms with Gasteiger partial charge in [-0.2, -0.15) is 0 Å². The highest BCUT2D eigenvalue weighted by Crippen LogP contribution is 2.39. The fourth-order valence-corrected chi connectivity index (χ4v) is 4.55. The first-order chi connectivity index (χ1) is 9.50. The van der Waals surface area contributed by atoms with Crippen LogP contribution in [0.4, 0.5) is 0 Å². The van der Waals surface area contributed by atoms with Crippen molar-refractivity contribution in [2.24, 2.45) is 0 Å². The molecule has 0 radical (unpaired) electrons. The Morgan fingerprint density at radius 2 is 1.75 bits per heavy atom. The Kier molecular flexibility index (Phi) is 2.98. The van der Waals surface area contributed by atoms with Crippen LogP contribution in [0.3, 0.4) is 0 Å². The predicted molar refractivity (Wildman–Crippen MR) is 76.5 cm³/mol. The predicted octanol–water partition coefficient (Wildman–Crippen LogP) is 3.10. The number of carbonyl (C=O) groups excluding carboxylic acids is 1. The summed E-state index contributed by atoms with van der Waals surface area (Å²) in [6, 6.07) is 13.9. The topological polar surface area (TPSA) is 51.2 Å². The zero-order chi connectivity index (χ0) is 14.3. The zero-order valence-electron chi connectivity index (χ0n) is 11.0. The van der Waals surface area contributed by atoms with Gasteiger partial charge in [0.1, 0.15) is 0 Å². The quantitative estimate of drug-likeness (QED) is 0.809. The van der Waals surface area contributed by atoms with Gasteiger partial charge in [-0.25, -0.2) is 8.42 Å². The fraction of sp³-hybridized carbons (Fsp3) is 0.188. The molecule has 1 atom stereocenters. The van der Waals surface area contributed by atoms with Gasteiger partial charge in [-0.1, -0.05) is 42.0 Å². The highest BCUT2D eigenvalue weighted by atomic mass is 32.2. The third-order valence-electron chi connectivity index (χ3n) is 3.66. The van der Waals surface area contributed by atoms with E-state index in [1.54, 1.807) is 42.5 Å². The summed E-state index contributed by atoms with van der Waals surface area (Å²) in [6.45, 7) is 1.85. The van der Waals surface area contributed by atoms with E-state index in [1.807, 2.05) is 13.0 Å². The van der Waals surface area contributed by atoms with Gasteiger partial charge in [-0.05, 0) is 24.6 Å². The van der Waals surface area contributed by atoms with Crippen LogP contribution >= 0.6 is 0 Å². The van der Waals surface area contributed by atoms with Gasteiger partial charge in [0.2, 0.25) is 0 Å². The number of aryl methyl sites for hydroxylation is 1. The monoisotopic (exact) mass is 286 g/mol. The van der Waals surface area contributed by atoms with Crippen molar-refractivity contribution in [3.63, 3.8) is 0 Å². The van der Waals surface area contributed by atoms with Crippen molar-refractivity contribution in [1.29, 1.82) is 0 Å². The number of ketones is 1. The second kappa shape index (κ2) is 4.56. The van der Waals surface area contributed by atoms with Gasteiger partial charge >= 0.3 is 0 Å². The lowest BCUT2D eigenvalue weighted by Gasteiger charge is -2.24. The van der Waals surface area contributed by atoms with Crippen molar-refractivity contribution in [2.45, 2.75) is 23.5 Å². The molecular formula is C16H14O3S. The molecule has 2 aromatic carbocycles. The third kappa shape index (κ3) is 1.96. The molecule has 102 valence electrons. The molecule has 0 fully saturated rings. The minimum absolute atomic E-state index is 0.0167. The van der Waals surface area contributed by atoms with Crippen molar-refractivity contribution in [2.75, 3.05) is 0 Å². The maximum atomic E-state index is 12.7. The molecule has 0 aromatic heterocycles. The number of hydrogen-bond acceptors (Lipinski definition) is 3. The summed E-state index contributed by atoms with van der Waals surface area (Å²) in [6.07, 6.45) is 0.0167. The Morgan fingerprint density at radius 1 is 1.05 bits per heavy atom. The molecule has 2 aromatic rings. The smallest absolute Gasteiger partial charge is 0.186 e. The van der Waals surface area contributed by atoms with E-state index in [9.17, 15) is 13.2 Å². The fourth-order valence-electron chi connectivity index (χ4n) is 2.62. The van der Waals surface area contributed by atoms with Crippen LogP contribution in [-0.2, 0) is 9.84 Å². The lowest BCUT2D eigenvalue weighted by atomic mass is 10.00. The summed E-state index contributed by atoms with van der Waals surface area (Å²) in [5.74, 6) is -0.104. The van der Waals surface area contributed by atoms with Crippen LogP contribution in [-0.4, -0.2) is 14.2 Å². The van der Waals surface area contributed by atoms with Gasteiger partial charge in [-0.3, -0.25) is 4.79 Å². The molecule has 3 rings (SSSR count). The SMILES string of the molecule is Cc1ccc2c(c1)C(=O)C[C@@H](c1ccccc1)S2(=O)=O. The molecular weight excluding hydrogens is 272 g/mol.